The highest BCUT2D eigenvalue weighted by Crippen LogP contribution is 2.22. The van der Waals surface area contributed by atoms with Crippen molar-refractivity contribution in [2.75, 3.05) is 13.1 Å². The van der Waals surface area contributed by atoms with Gasteiger partial charge in [0, 0.05) is 13.1 Å². The lowest BCUT2D eigenvalue weighted by Crippen LogP contribution is -2.50. The second-order valence-electron chi connectivity index (χ2n) is 7.49. The van der Waals surface area contributed by atoms with Crippen molar-refractivity contribution in [2.24, 2.45) is 5.92 Å². The van der Waals surface area contributed by atoms with E-state index in [-0.39, 0.29) is 10.8 Å². The van der Waals surface area contributed by atoms with Crippen molar-refractivity contribution in [1.82, 2.24) is 9.62 Å². The maximum absolute atomic E-state index is 13.1. The number of hydrogen-bond donors (Lipinski definition) is 1. The summed E-state index contributed by atoms with van der Waals surface area (Å²) in [5.41, 5.74) is 1.30. The van der Waals surface area contributed by atoms with Gasteiger partial charge < -0.3 is 4.90 Å². The number of amides is 1. The predicted molar refractivity (Wildman–Crippen MR) is 110 cm³/mol. The van der Waals surface area contributed by atoms with Gasteiger partial charge >= 0.3 is 0 Å². The van der Waals surface area contributed by atoms with Gasteiger partial charge in [0.2, 0.25) is 15.9 Å². The van der Waals surface area contributed by atoms with Gasteiger partial charge in [0.1, 0.15) is 11.9 Å². The SMILES string of the molecule is CCC(NS(=O)(=O)c1ccc(F)cc1)C(=O)N1CCC(Cc2ccccc2)CC1. The molecule has 5 nitrogen and oxygen atoms in total. The van der Waals surface area contributed by atoms with Crippen LogP contribution in [0.15, 0.2) is 59.5 Å². The van der Waals surface area contributed by atoms with Crippen LogP contribution in [0.1, 0.15) is 31.7 Å². The number of halogens is 1. The topological polar surface area (TPSA) is 66.5 Å². The number of nitrogens with one attached hydrogen (secondary N) is 1. The molecule has 0 aliphatic carbocycles. The zero-order valence-electron chi connectivity index (χ0n) is 16.6. The Morgan fingerprint density at radius 1 is 1.10 bits per heavy atom. The maximum Gasteiger partial charge on any atom is 0.241 e. The fourth-order valence-corrected chi connectivity index (χ4v) is 4.98. The van der Waals surface area contributed by atoms with Crippen LogP contribution in [0.25, 0.3) is 0 Å². The van der Waals surface area contributed by atoms with E-state index < -0.39 is 21.9 Å². The van der Waals surface area contributed by atoms with E-state index in [0.29, 0.717) is 25.4 Å². The number of carbonyl (C=O) groups is 1. The molecule has 0 saturated carbocycles. The molecule has 3 rings (SSSR count). The van der Waals surface area contributed by atoms with Crippen LogP contribution < -0.4 is 4.72 Å². The van der Waals surface area contributed by atoms with Crippen molar-refractivity contribution in [3.63, 3.8) is 0 Å². The van der Waals surface area contributed by atoms with Crippen LogP contribution >= 0.6 is 0 Å². The van der Waals surface area contributed by atoms with Gasteiger partial charge in [-0.3, -0.25) is 4.79 Å². The second-order valence-corrected chi connectivity index (χ2v) is 9.21. The third-order valence-electron chi connectivity index (χ3n) is 5.42. The molecule has 1 atom stereocenters. The van der Waals surface area contributed by atoms with Crippen molar-refractivity contribution in [2.45, 2.75) is 43.5 Å². The standard InChI is InChI=1S/C22H27FN2O3S/c1-2-21(24-29(27,28)20-10-8-19(23)9-11-20)22(26)25-14-12-18(13-15-25)16-17-6-4-3-5-7-17/h3-11,18,21,24H,2,12-16H2,1H3. The summed E-state index contributed by atoms with van der Waals surface area (Å²) in [5, 5.41) is 0. The van der Waals surface area contributed by atoms with E-state index in [1.165, 1.54) is 17.7 Å². The van der Waals surface area contributed by atoms with Gasteiger partial charge in [0.15, 0.2) is 0 Å². The molecule has 156 valence electrons. The number of carbonyl (C=O) groups excluding carboxylic acids is 1. The first-order chi connectivity index (χ1) is 13.9. The van der Waals surface area contributed by atoms with Gasteiger partial charge in [-0.1, -0.05) is 37.3 Å². The van der Waals surface area contributed by atoms with E-state index in [9.17, 15) is 17.6 Å². The summed E-state index contributed by atoms with van der Waals surface area (Å²) in [7, 11) is -3.89. The van der Waals surface area contributed by atoms with E-state index >= 15 is 0 Å². The fourth-order valence-electron chi connectivity index (χ4n) is 3.70. The van der Waals surface area contributed by atoms with Gasteiger partial charge in [-0.05, 0) is 61.4 Å². The Kier molecular flexibility index (Phi) is 7.03. The minimum Gasteiger partial charge on any atom is -0.341 e. The Hall–Kier alpha value is -2.25. The number of benzene rings is 2. The Morgan fingerprint density at radius 2 is 1.72 bits per heavy atom. The summed E-state index contributed by atoms with van der Waals surface area (Å²) in [5.74, 6) is -0.181. The molecule has 29 heavy (non-hydrogen) atoms. The maximum atomic E-state index is 13.1. The smallest absolute Gasteiger partial charge is 0.241 e. The molecule has 1 fully saturated rings. The van der Waals surface area contributed by atoms with E-state index in [1.807, 2.05) is 18.2 Å². The van der Waals surface area contributed by atoms with Crippen LogP contribution in [-0.4, -0.2) is 38.4 Å². The van der Waals surface area contributed by atoms with Crippen molar-refractivity contribution < 1.29 is 17.6 Å². The van der Waals surface area contributed by atoms with Crippen LogP contribution in [0.3, 0.4) is 0 Å². The molecule has 1 N–H and O–H groups in total. The van der Waals surface area contributed by atoms with Crippen LogP contribution in [0.5, 0.6) is 0 Å². The summed E-state index contributed by atoms with van der Waals surface area (Å²) in [6.45, 7) is 3.04. The van der Waals surface area contributed by atoms with Crippen LogP contribution in [0.4, 0.5) is 4.39 Å². The van der Waals surface area contributed by atoms with E-state index in [4.69, 9.17) is 0 Å². The molecule has 1 aliphatic heterocycles. The van der Waals surface area contributed by atoms with Crippen LogP contribution in [-0.2, 0) is 21.2 Å². The monoisotopic (exact) mass is 418 g/mol. The normalized spacial score (nSPS) is 16.6. The molecular formula is C22H27FN2O3S. The highest BCUT2D eigenvalue weighted by Gasteiger charge is 2.30. The lowest BCUT2D eigenvalue weighted by Gasteiger charge is -2.34. The third kappa shape index (κ3) is 5.64. The molecule has 0 aromatic heterocycles. The average Bonchev–Trinajstić information content (AvgIpc) is 2.73. The van der Waals surface area contributed by atoms with Gasteiger partial charge in [0.05, 0.1) is 4.90 Å². The molecule has 0 radical (unpaired) electrons. The molecule has 1 amide bonds. The third-order valence-corrected chi connectivity index (χ3v) is 6.91. The number of piperidine rings is 1. The van der Waals surface area contributed by atoms with Crippen molar-refractivity contribution in [1.29, 1.82) is 0 Å². The van der Waals surface area contributed by atoms with Gasteiger partial charge in [-0.15, -0.1) is 0 Å². The van der Waals surface area contributed by atoms with E-state index in [1.54, 1.807) is 11.8 Å². The van der Waals surface area contributed by atoms with E-state index in [2.05, 4.69) is 16.9 Å². The van der Waals surface area contributed by atoms with Gasteiger partial charge in [-0.2, -0.15) is 4.72 Å². The fraction of sp³-hybridized carbons (Fsp3) is 0.409. The summed E-state index contributed by atoms with van der Waals surface area (Å²) < 4.78 is 40.7. The Morgan fingerprint density at radius 3 is 2.31 bits per heavy atom. The lowest BCUT2D eigenvalue weighted by molar-refractivity contribution is -0.134. The Bertz CT molecular complexity index is 909. The zero-order valence-corrected chi connectivity index (χ0v) is 17.4. The van der Waals surface area contributed by atoms with Crippen molar-refractivity contribution in [3.8, 4) is 0 Å². The van der Waals surface area contributed by atoms with Crippen LogP contribution in [0, 0.1) is 11.7 Å². The quantitative estimate of drug-likeness (QED) is 0.750. The molecule has 1 aliphatic rings. The highest BCUT2D eigenvalue weighted by molar-refractivity contribution is 7.89. The van der Waals surface area contributed by atoms with Crippen molar-refractivity contribution >= 4 is 15.9 Å². The summed E-state index contributed by atoms with van der Waals surface area (Å²) in [6, 6.07) is 14.1. The molecule has 0 spiro atoms. The average molecular weight is 419 g/mol. The van der Waals surface area contributed by atoms with Gasteiger partial charge in [0.25, 0.3) is 0 Å². The van der Waals surface area contributed by atoms with E-state index in [0.717, 1.165) is 31.4 Å². The number of rotatable bonds is 7. The molecule has 1 unspecified atom stereocenters. The van der Waals surface area contributed by atoms with Gasteiger partial charge in [-0.25, -0.2) is 12.8 Å². The highest BCUT2D eigenvalue weighted by atomic mass is 32.2. The number of nitrogens with zero attached hydrogens (tertiary/aromatic N) is 1. The first-order valence-corrected chi connectivity index (χ1v) is 11.5. The zero-order chi connectivity index (χ0) is 20.9. The summed E-state index contributed by atoms with van der Waals surface area (Å²) >= 11 is 0. The minimum atomic E-state index is -3.89. The number of likely N-dealkylation sites (tertiary alicyclic amines) is 1. The molecule has 2 aromatic rings. The van der Waals surface area contributed by atoms with Crippen molar-refractivity contribution in [3.05, 3.63) is 66.0 Å². The molecule has 1 heterocycles. The molecule has 7 heteroatoms. The Balaban J connectivity index is 1.58. The largest absolute Gasteiger partial charge is 0.341 e. The minimum absolute atomic E-state index is 0.0493. The van der Waals surface area contributed by atoms with Crippen LogP contribution in [0.2, 0.25) is 0 Å². The first kappa shape index (κ1) is 21.5. The molecule has 1 saturated heterocycles. The molecular weight excluding hydrogens is 391 g/mol. The second kappa shape index (κ2) is 9.50. The summed E-state index contributed by atoms with van der Waals surface area (Å²) in [6.07, 6.45) is 3.16. The number of sulfonamides is 1. The Labute approximate surface area is 172 Å². The number of hydrogen-bond acceptors (Lipinski definition) is 3. The molecule has 2 aromatic carbocycles. The first-order valence-electron chi connectivity index (χ1n) is 9.99. The predicted octanol–water partition coefficient (Wildman–Crippen LogP) is 3.36. The lowest BCUT2D eigenvalue weighted by atomic mass is 9.90. The molecule has 0 bridgehead atoms. The summed E-state index contributed by atoms with van der Waals surface area (Å²) in [4.78, 5) is 14.6.